The minimum absolute atomic E-state index is 0.177. The van der Waals surface area contributed by atoms with E-state index in [1.165, 1.54) is 0 Å². The molecule has 0 amide bonds. The largest absolute Gasteiger partial charge is 0.462 e. The summed E-state index contributed by atoms with van der Waals surface area (Å²) in [4.78, 5) is 0. The summed E-state index contributed by atoms with van der Waals surface area (Å²) in [5.41, 5.74) is 0.895. The van der Waals surface area contributed by atoms with E-state index in [9.17, 15) is 4.39 Å². The number of aryl methyl sites for hydroxylation is 1. The van der Waals surface area contributed by atoms with Gasteiger partial charge in [0.25, 0.3) is 0 Å². The zero-order valence-electron chi connectivity index (χ0n) is 11.7. The molecule has 0 atom stereocenters. The lowest BCUT2D eigenvalue weighted by atomic mass is 9.80. The summed E-state index contributed by atoms with van der Waals surface area (Å²) in [5, 5.41) is 0. The van der Waals surface area contributed by atoms with Gasteiger partial charge in [-0.25, -0.2) is 4.39 Å². The number of benzene rings is 1. The van der Waals surface area contributed by atoms with Gasteiger partial charge in [-0.2, -0.15) is 0 Å². The molecule has 4 heteroatoms. The summed E-state index contributed by atoms with van der Waals surface area (Å²) in [7, 11) is -0.308. The van der Waals surface area contributed by atoms with Crippen molar-refractivity contribution in [3.05, 3.63) is 35.1 Å². The van der Waals surface area contributed by atoms with Gasteiger partial charge in [0.05, 0.1) is 11.2 Å². The van der Waals surface area contributed by atoms with E-state index in [4.69, 9.17) is 9.31 Å². The van der Waals surface area contributed by atoms with Crippen LogP contribution in [0.1, 0.15) is 38.8 Å². The van der Waals surface area contributed by atoms with E-state index >= 15 is 0 Å². The third kappa shape index (κ3) is 2.45. The third-order valence-corrected chi connectivity index (χ3v) is 3.94. The molecule has 1 aromatic rings. The lowest BCUT2D eigenvalue weighted by Crippen LogP contribution is -2.41. The first kappa shape index (κ1) is 13.6. The second-order valence-corrected chi connectivity index (χ2v) is 5.97. The third-order valence-electron chi connectivity index (χ3n) is 3.94. The van der Waals surface area contributed by atoms with Crippen molar-refractivity contribution >= 4 is 7.12 Å². The summed E-state index contributed by atoms with van der Waals surface area (Å²) >= 11 is 0. The molecular weight excluding hydrogens is 230 g/mol. The monoisotopic (exact) mass is 250 g/mol. The van der Waals surface area contributed by atoms with Crippen molar-refractivity contribution in [2.24, 2.45) is 0 Å². The van der Waals surface area contributed by atoms with E-state index in [1.54, 1.807) is 19.1 Å². The molecule has 0 aromatic heterocycles. The Morgan fingerprint density at radius 3 is 2.17 bits per heavy atom. The van der Waals surface area contributed by atoms with E-state index in [0.717, 1.165) is 5.56 Å². The quantitative estimate of drug-likeness (QED) is 0.749. The van der Waals surface area contributed by atoms with Gasteiger partial charge >= 0.3 is 7.12 Å². The van der Waals surface area contributed by atoms with Gasteiger partial charge in [-0.15, -0.1) is 0 Å². The normalized spacial score (nSPS) is 21.3. The highest BCUT2D eigenvalue weighted by atomic mass is 19.1. The molecule has 0 unspecified atom stereocenters. The van der Waals surface area contributed by atoms with Crippen LogP contribution in [-0.2, 0) is 15.6 Å². The lowest BCUT2D eigenvalue weighted by Gasteiger charge is -2.32. The highest BCUT2D eigenvalue weighted by Crippen LogP contribution is 2.37. The average molecular weight is 250 g/mol. The van der Waals surface area contributed by atoms with Crippen molar-refractivity contribution in [1.29, 1.82) is 0 Å². The fourth-order valence-electron chi connectivity index (χ4n) is 2.00. The first-order chi connectivity index (χ1) is 8.21. The van der Waals surface area contributed by atoms with Gasteiger partial charge in [0.2, 0.25) is 0 Å². The van der Waals surface area contributed by atoms with E-state index < -0.39 is 0 Å². The Morgan fingerprint density at radius 2 is 1.67 bits per heavy atom. The number of hydrogen-bond acceptors (Lipinski definition) is 2. The summed E-state index contributed by atoms with van der Waals surface area (Å²) in [6.45, 7) is 9.82. The van der Waals surface area contributed by atoms with Gasteiger partial charge in [0, 0.05) is 6.32 Å². The fraction of sp³-hybridized carbons (Fsp3) is 0.571. The second-order valence-electron chi connectivity index (χ2n) is 5.97. The molecule has 0 bridgehead atoms. The van der Waals surface area contributed by atoms with Gasteiger partial charge in [-0.05, 0) is 51.8 Å². The Bertz CT molecular complexity index is 441. The van der Waals surface area contributed by atoms with Crippen LogP contribution in [0.3, 0.4) is 0 Å². The predicted molar refractivity (Wildman–Crippen MR) is 70.9 cm³/mol. The van der Waals surface area contributed by atoms with Crippen LogP contribution in [-0.4, -0.2) is 18.3 Å². The molecule has 1 aliphatic rings. The SMILES string of the molecule is Cc1ccc(CB2OC(C)(C)C(C)(C)O2)cc1F. The van der Waals surface area contributed by atoms with Crippen LogP contribution in [0, 0.1) is 12.7 Å². The first-order valence-electron chi connectivity index (χ1n) is 6.32. The molecule has 0 N–H and O–H groups in total. The summed E-state index contributed by atoms with van der Waals surface area (Å²) in [6.07, 6.45) is 0.573. The molecule has 1 saturated heterocycles. The maximum Gasteiger partial charge on any atom is 0.462 e. The second kappa shape index (κ2) is 4.35. The molecular formula is C14H20BFO2. The van der Waals surface area contributed by atoms with Crippen LogP contribution < -0.4 is 0 Å². The highest BCUT2D eigenvalue weighted by molar-refractivity contribution is 6.45. The van der Waals surface area contributed by atoms with Crippen molar-refractivity contribution in [1.82, 2.24) is 0 Å². The van der Waals surface area contributed by atoms with Crippen LogP contribution >= 0.6 is 0 Å². The Balaban J connectivity index is 2.10. The molecule has 1 heterocycles. The van der Waals surface area contributed by atoms with Gasteiger partial charge < -0.3 is 9.31 Å². The predicted octanol–water partition coefficient (Wildman–Crippen LogP) is 3.31. The molecule has 98 valence electrons. The molecule has 0 aliphatic carbocycles. The molecule has 2 rings (SSSR count). The van der Waals surface area contributed by atoms with Gasteiger partial charge in [-0.1, -0.05) is 12.1 Å². The Kier molecular flexibility index (Phi) is 3.28. The highest BCUT2D eigenvalue weighted by Gasteiger charge is 2.50. The average Bonchev–Trinajstić information content (AvgIpc) is 2.41. The van der Waals surface area contributed by atoms with Crippen LogP contribution in [0.25, 0.3) is 0 Å². The summed E-state index contributed by atoms with van der Waals surface area (Å²) in [5.74, 6) is -0.177. The Labute approximate surface area is 109 Å². The summed E-state index contributed by atoms with van der Waals surface area (Å²) in [6, 6.07) is 5.26. The van der Waals surface area contributed by atoms with Crippen molar-refractivity contribution < 1.29 is 13.7 Å². The standard InChI is InChI=1S/C14H20BFO2/c1-10-6-7-11(8-12(10)16)9-15-17-13(2,3)14(4,5)18-15/h6-8H,9H2,1-5H3. The van der Waals surface area contributed by atoms with E-state index in [2.05, 4.69) is 0 Å². The molecule has 1 aromatic carbocycles. The van der Waals surface area contributed by atoms with Crippen molar-refractivity contribution in [3.8, 4) is 0 Å². The van der Waals surface area contributed by atoms with Crippen molar-refractivity contribution in [2.45, 2.75) is 52.1 Å². The van der Waals surface area contributed by atoms with Gasteiger partial charge in [-0.3, -0.25) is 0 Å². The smallest absolute Gasteiger partial charge is 0.403 e. The molecule has 2 nitrogen and oxygen atoms in total. The minimum atomic E-state index is -0.332. The number of hydrogen-bond donors (Lipinski definition) is 0. The zero-order chi connectivity index (χ0) is 13.6. The van der Waals surface area contributed by atoms with Crippen molar-refractivity contribution in [3.63, 3.8) is 0 Å². The topological polar surface area (TPSA) is 18.5 Å². The lowest BCUT2D eigenvalue weighted by molar-refractivity contribution is 0.00578. The van der Waals surface area contributed by atoms with Crippen LogP contribution in [0.2, 0.25) is 0 Å². The fourth-order valence-corrected chi connectivity index (χ4v) is 2.00. The van der Waals surface area contributed by atoms with Crippen LogP contribution in [0.5, 0.6) is 0 Å². The molecule has 0 saturated carbocycles. The maximum atomic E-state index is 13.5. The maximum absolute atomic E-state index is 13.5. The van der Waals surface area contributed by atoms with Crippen molar-refractivity contribution in [2.75, 3.05) is 0 Å². The molecule has 18 heavy (non-hydrogen) atoms. The number of rotatable bonds is 2. The zero-order valence-corrected chi connectivity index (χ0v) is 11.7. The molecule has 0 radical (unpaired) electrons. The molecule has 0 spiro atoms. The number of halogens is 1. The van der Waals surface area contributed by atoms with Crippen LogP contribution in [0.15, 0.2) is 18.2 Å². The first-order valence-corrected chi connectivity index (χ1v) is 6.32. The minimum Gasteiger partial charge on any atom is -0.403 e. The Morgan fingerprint density at radius 1 is 1.11 bits per heavy atom. The van der Waals surface area contributed by atoms with E-state index in [0.29, 0.717) is 11.9 Å². The van der Waals surface area contributed by atoms with Crippen LogP contribution in [0.4, 0.5) is 4.39 Å². The molecule has 1 fully saturated rings. The summed E-state index contributed by atoms with van der Waals surface area (Å²) < 4.78 is 25.3. The van der Waals surface area contributed by atoms with E-state index in [1.807, 2.05) is 33.8 Å². The van der Waals surface area contributed by atoms with E-state index in [-0.39, 0.29) is 24.1 Å². The molecule has 1 aliphatic heterocycles. The Hall–Kier alpha value is -0.865. The van der Waals surface area contributed by atoms with Gasteiger partial charge in [0.1, 0.15) is 5.82 Å². The van der Waals surface area contributed by atoms with Gasteiger partial charge in [0.15, 0.2) is 0 Å².